The molecule has 1 radical (unpaired) electrons. The van der Waals surface area contributed by atoms with Gasteiger partial charge < -0.3 is 0 Å². The third-order valence-electron chi connectivity index (χ3n) is 2.65. The molecule has 0 spiro atoms. The Kier molecular flexibility index (Phi) is 2.95. The number of hydrogen-bond acceptors (Lipinski definition) is 0. The van der Waals surface area contributed by atoms with E-state index >= 15 is 0 Å². The molecule has 0 heterocycles. The molecule has 0 amide bonds. The van der Waals surface area contributed by atoms with Gasteiger partial charge in [-0.25, -0.2) is 0 Å². The van der Waals surface area contributed by atoms with Crippen molar-refractivity contribution in [2.45, 2.75) is 11.2 Å². The fourth-order valence-electron chi connectivity index (χ4n) is 1.68. The van der Waals surface area contributed by atoms with Crippen LogP contribution in [-0.2, 0) is 4.31 Å². The maximum atomic E-state index is 3.29. The first kappa shape index (κ1) is 10.5. The normalized spacial score (nSPS) is 11.3. The summed E-state index contributed by atoms with van der Waals surface area (Å²) in [5, 5.41) is 0. The van der Waals surface area contributed by atoms with Gasteiger partial charge in [-0.2, -0.15) is 0 Å². The third-order valence-corrected chi connectivity index (χ3v) is 3.64. The zero-order valence-corrected chi connectivity index (χ0v) is 10.4. The summed E-state index contributed by atoms with van der Waals surface area (Å²) in [5.74, 6) is 0. The SMILES string of the molecule is CC([Se])(c1ccccc1)c1ccccc1. The van der Waals surface area contributed by atoms with E-state index < -0.39 is 0 Å². The Morgan fingerprint density at radius 2 is 1.07 bits per heavy atom. The molecule has 0 atom stereocenters. The molecule has 1 heteroatoms. The minimum absolute atomic E-state index is 0.0392. The van der Waals surface area contributed by atoms with Crippen LogP contribution in [0.5, 0.6) is 0 Å². The second-order valence-corrected chi connectivity index (χ2v) is 5.48. The summed E-state index contributed by atoms with van der Waals surface area (Å²) in [6.07, 6.45) is 0. The molecular weight excluding hydrogens is 247 g/mol. The van der Waals surface area contributed by atoms with Gasteiger partial charge in [0.2, 0.25) is 0 Å². The van der Waals surface area contributed by atoms with Crippen molar-refractivity contribution in [2.75, 3.05) is 0 Å². The van der Waals surface area contributed by atoms with Crippen LogP contribution < -0.4 is 0 Å². The predicted octanol–water partition coefficient (Wildman–Crippen LogP) is 3.12. The Morgan fingerprint density at radius 1 is 0.733 bits per heavy atom. The van der Waals surface area contributed by atoms with Crippen LogP contribution in [0.4, 0.5) is 0 Å². The summed E-state index contributed by atoms with van der Waals surface area (Å²) in [6.45, 7) is 2.21. The fourth-order valence-corrected chi connectivity index (χ4v) is 2.25. The summed E-state index contributed by atoms with van der Waals surface area (Å²) in [7, 11) is 0. The Hall–Kier alpha value is -1.04. The van der Waals surface area contributed by atoms with Gasteiger partial charge in [-0.05, 0) is 0 Å². The van der Waals surface area contributed by atoms with Crippen LogP contribution in [0.1, 0.15) is 18.1 Å². The van der Waals surface area contributed by atoms with Gasteiger partial charge in [0.05, 0.1) is 0 Å². The Bertz CT molecular complexity index is 376. The van der Waals surface area contributed by atoms with E-state index in [1.807, 2.05) is 12.1 Å². The van der Waals surface area contributed by atoms with E-state index in [0.717, 1.165) is 0 Å². The number of hydrogen-bond donors (Lipinski definition) is 0. The Balaban J connectivity index is 2.44. The van der Waals surface area contributed by atoms with Crippen molar-refractivity contribution in [3.8, 4) is 0 Å². The number of benzene rings is 2. The molecule has 0 aliphatic carbocycles. The van der Waals surface area contributed by atoms with Crippen LogP contribution in [0.3, 0.4) is 0 Å². The zero-order chi connectivity index (χ0) is 10.7. The molecule has 0 aliphatic rings. The average molecular weight is 260 g/mol. The molecule has 0 aromatic heterocycles. The summed E-state index contributed by atoms with van der Waals surface area (Å²) < 4.78 is -0.0392. The van der Waals surface area contributed by atoms with Gasteiger partial charge in [-0.1, -0.05) is 0 Å². The molecule has 0 aliphatic heterocycles. The third kappa shape index (κ3) is 2.14. The molecule has 2 rings (SSSR count). The topological polar surface area (TPSA) is 0 Å². The molecule has 0 N–H and O–H groups in total. The van der Waals surface area contributed by atoms with Gasteiger partial charge in [0.1, 0.15) is 0 Å². The molecule has 2 aromatic rings. The standard InChI is InChI=1S/C14H13Se/c1-14(15,12-8-4-2-5-9-12)13-10-6-3-7-11-13/h2-11H,1H3. The average Bonchev–Trinajstić information content (AvgIpc) is 2.31. The van der Waals surface area contributed by atoms with Crippen LogP contribution in [0.15, 0.2) is 60.7 Å². The quantitative estimate of drug-likeness (QED) is 0.728. The molecule has 75 valence electrons. The molecule has 15 heavy (non-hydrogen) atoms. The zero-order valence-electron chi connectivity index (χ0n) is 8.68. The first-order valence-corrected chi connectivity index (χ1v) is 5.88. The summed E-state index contributed by atoms with van der Waals surface area (Å²) in [4.78, 5) is 0. The van der Waals surface area contributed by atoms with E-state index in [2.05, 4.69) is 71.5 Å². The molecule has 2 aromatic carbocycles. The molecule has 0 nitrogen and oxygen atoms in total. The van der Waals surface area contributed by atoms with Crippen molar-refractivity contribution in [2.24, 2.45) is 0 Å². The molecule has 0 fully saturated rings. The van der Waals surface area contributed by atoms with Gasteiger partial charge in [0, 0.05) is 0 Å². The van der Waals surface area contributed by atoms with E-state index in [9.17, 15) is 0 Å². The molecule has 0 saturated carbocycles. The van der Waals surface area contributed by atoms with Crippen molar-refractivity contribution in [1.29, 1.82) is 0 Å². The van der Waals surface area contributed by atoms with E-state index in [4.69, 9.17) is 0 Å². The van der Waals surface area contributed by atoms with Crippen LogP contribution in [0, 0.1) is 0 Å². The molecule has 0 bridgehead atoms. The molecular formula is C14H13Se. The first-order valence-electron chi connectivity index (χ1n) is 5.03. The summed E-state index contributed by atoms with van der Waals surface area (Å²) >= 11 is 3.29. The second kappa shape index (κ2) is 4.22. The van der Waals surface area contributed by atoms with E-state index in [0.29, 0.717) is 0 Å². The van der Waals surface area contributed by atoms with Crippen molar-refractivity contribution < 1.29 is 0 Å². The Morgan fingerprint density at radius 3 is 1.40 bits per heavy atom. The minimum atomic E-state index is -0.0392. The van der Waals surface area contributed by atoms with Crippen LogP contribution in [0.2, 0.25) is 0 Å². The van der Waals surface area contributed by atoms with Crippen LogP contribution >= 0.6 is 0 Å². The van der Waals surface area contributed by atoms with Gasteiger partial charge in [-0.15, -0.1) is 0 Å². The maximum absolute atomic E-state index is 3.29. The van der Waals surface area contributed by atoms with Gasteiger partial charge in [0.15, 0.2) is 0 Å². The molecule has 0 unspecified atom stereocenters. The van der Waals surface area contributed by atoms with Gasteiger partial charge in [0.25, 0.3) is 0 Å². The van der Waals surface area contributed by atoms with Crippen molar-refractivity contribution in [1.82, 2.24) is 0 Å². The molecule has 0 saturated heterocycles. The monoisotopic (exact) mass is 261 g/mol. The number of rotatable bonds is 2. The fraction of sp³-hybridized carbons (Fsp3) is 0.143. The summed E-state index contributed by atoms with van der Waals surface area (Å²) in [5.41, 5.74) is 2.60. The second-order valence-electron chi connectivity index (χ2n) is 3.77. The van der Waals surface area contributed by atoms with E-state index in [-0.39, 0.29) is 4.31 Å². The van der Waals surface area contributed by atoms with Crippen LogP contribution in [-0.4, -0.2) is 16.0 Å². The van der Waals surface area contributed by atoms with Crippen molar-refractivity contribution >= 4 is 16.0 Å². The first-order chi connectivity index (χ1) is 7.21. The summed E-state index contributed by atoms with van der Waals surface area (Å²) in [6, 6.07) is 21.0. The Labute approximate surface area is 99.2 Å². The van der Waals surface area contributed by atoms with E-state index in [1.54, 1.807) is 0 Å². The van der Waals surface area contributed by atoms with Gasteiger partial charge >= 0.3 is 99.0 Å². The van der Waals surface area contributed by atoms with Crippen molar-refractivity contribution in [3.05, 3.63) is 71.8 Å². The van der Waals surface area contributed by atoms with Gasteiger partial charge in [-0.3, -0.25) is 0 Å². The predicted molar refractivity (Wildman–Crippen MR) is 65.1 cm³/mol. The van der Waals surface area contributed by atoms with E-state index in [1.165, 1.54) is 11.1 Å². The van der Waals surface area contributed by atoms with Crippen molar-refractivity contribution in [3.63, 3.8) is 0 Å². The van der Waals surface area contributed by atoms with Crippen LogP contribution in [0.25, 0.3) is 0 Å².